The molecule has 6 amide bonds. The van der Waals surface area contributed by atoms with E-state index in [0.29, 0.717) is 44.7 Å². The largest absolute Gasteiger partial charge is 0.459 e. The van der Waals surface area contributed by atoms with Gasteiger partial charge in [0.15, 0.2) is 0 Å². The van der Waals surface area contributed by atoms with E-state index in [-0.39, 0.29) is 91.0 Å². The van der Waals surface area contributed by atoms with Crippen LogP contribution in [0, 0.1) is 28.6 Å². The van der Waals surface area contributed by atoms with Crippen LogP contribution in [0.3, 0.4) is 0 Å². The number of carbonyl (C=O) groups excluding carboxylic acids is 10. The highest BCUT2D eigenvalue weighted by molar-refractivity contribution is 7.29. The summed E-state index contributed by atoms with van der Waals surface area (Å²) in [5.41, 5.74) is -6.14. The lowest BCUT2D eigenvalue weighted by molar-refractivity contribution is -0.165. The third kappa shape index (κ3) is 12.0. The van der Waals surface area contributed by atoms with Crippen LogP contribution in [-0.2, 0) is 117 Å². The van der Waals surface area contributed by atoms with E-state index in [4.69, 9.17) is 33.4 Å². The number of rotatable bonds is 19. The molecule has 4 aliphatic rings. The Kier molecular flexibility index (Phi) is 18.9. The molecule has 504 valence electrons. The summed E-state index contributed by atoms with van der Waals surface area (Å²) in [5, 5.41) is 20.7. The molecular formula is C78H53N5O16S3. The summed E-state index contributed by atoms with van der Waals surface area (Å²) < 4.78 is 36.7. The second-order valence-electron chi connectivity index (χ2n) is 23.6. The van der Waals surface area contributed by atoms with E-state index in [1.54, 1.807) is 194 Å². The van der Waals surface area contributed by atoms with E-state index in [2.05, 4.69) is 6.58 Å². The zero-order valence-electron chi connectivity index (χ0n) is 54.0. The first-order valence-electron chi connectivity index (χ1n) is 31.4. The van der Waals surface area contributed by atoms with Crippen LogP contribution in [0.25, 0.3) is 26.1 Å². The summed E-state index contributed by atoms with van der Waals surface area (Å²) in [6.45, 7) is 4.39. The zero-order valence-corrected chi connectivity index (χ0v) is 56.4. The molecule has 21 nitrogen and oxygen atoms in total. The maximum atomic E-state index is 16.6. The smallest absolute Gasteiger partial charge is 0.424 e. The maximum absolute atomic E-state index is 16.6. The predicted molar refractivity (Wildman–Crippen MR) is 372 cm³/mol. The molecule has 0 fully saturated rings. The highest BCUT2D eigenvalue weighted by Crippen LogP contribution is 2.70. The molecule has 24 heteroatoms. The molecule has 2 aliphatic heterocycles. The number of thiophene rings is 3. The van der Waals surface area contributed by atoms with Crippen molar-refractivity contribution in [2.75, 3.05) is 0 Å². The average molecular weight is 1410 g/mol. The van der Waals surface area contributed by atoms with Gasteiger partial charge in [0.25, 0.3) is 23.6 Å². The van der Waals surface area contributed by atoms with Gasteiger partial charge < -0.3 is 28.4 Å². The van der Waals surface area contributed by atoms with Crippen molar-refractivity contribution in [1.29, 1.82) is 10.5 Å². The number of ether oxygens (including phenoxy) is 6. The monoisotopic (exact) mass is 1410 g/mol. The van der Waals surface area contributed by atoms with E-state index in [9.17, 15) is 39.3 Å². The van der Waals surface area contributed by atoms with Crippen LogP contribution in [0.15, 0.2) is 228 Å². The number of esters is 4. The van der Waals surface area contributed by atoms with Crippen LogP contribution in [0.2, 0.25) is 0 Å². The molecule has 9 aromatic rings. The molecule has 0 saturated carbocycles. The third-order valence-corrected chi connectivity index (χ3v) is 21.1. The quantitative estimate of drug-likeness (QED) is 0.0314. The minimum atomic E-state index is -2.91. The maximum Gasteiger partial charge on any atom is 0.424 e. The summed E-state index contributed by atoms with van der Waals surface area (Å²) in [4.78, 5) is 157. The van der Waals surface area contributed by atoms with Gasteiger partial charge in [-0.3, -0.25) is 38.4 Å². The molecule has 2 aliphatic carbocycles. The lowest BCUT2D eigenvalue weighted by Gasteiger charge is -2.30. The number of nitriles is 2. The third-order valence-electron chi connectivity index (χ3n) is 17.5. The van der Waals surface area contributed by atoms with Gasteiger partial charge in [-0.25, -0.2) is 14.6 Å². The highest BCUT2D eigenvalue weighted by Gasteiger charge is 2.72. The summed E-state index contributed by atoms with van der Waals surface area (Å²) >= 11 is 2.49. The van der Waals surface area contributed by atoms with E-state index >= 15 is 19.2 Å². The molecule has 0 N–H and O–H groups in total. The van der Waals surface area contributed by atoms with Crippen LogP contribution in [0.5, 0.6) is 0 Å². The van der Waals surface area contributed by atoms with Gasteiger partial charge in [-0.15, -0.1) is 34.0 Å². The van der Waals surface area contributed by atoms with Gasteiger partial charge in [0.1, 0.15) is 73.6 Å². The highest BCUT2D eigenvalue weighted by atomic mass is 32.1. The molecule has 3 aromatic heterocycles. The molecular weight excluding hydrogens is 1360 g/mol. The van der Waals surface area contributed by atoms with Crippen molar-refractivity contribution < 1.29 is 76.4 Å². The van der Waals surface area contributed by atoms with Crippen LogP contribution in [-0.4, -0.2) is 75.2 Å². The lowest BCUT2D eigenvalue weighted by atomic mass is 9.76. The predicted octanol–water partition coefficient (Wildman–Crippen LogP) is 13.2. The number of nitrogens with zero attached hydrogens (tertiary/aromatic N) is 5. The van der Waals surface area contributed by atoms with Gasteiger partial charge in [0.2, 0.25) is 10.8 Å². The molecule has 1 atom stereocenters. The number of hydrogen-bond donors (Lipinski definition) is 0. The Hall–Kier alpha value is -12.6. The molecule has 102 heavy (non-hydrogen) atoms. The van der Waals surface area contributed by atoms with Gasteiger partial charge in [-0.2, -0.15) is 20.3 Å². The Morgan fingerprint density at radius 2 is 0.863 bits per heavy atom. The normalized spacial score (nSPS) is 16.0. The zero-order chi connectivity index (χ0) is 71.6. The van der Waals surface area contributed by atoms with Crippen molar-refractivity contribution in [3.63, 3.8) is 0 Å². The first kappa shape index (κ1) is 67.9. The van der Waals surface area contributed by atoms with Crippen molar-refractivity contribution in [3.8, 4) is 12.1 Å². The Bertz CT molecular complexity index is 5130. The van der Waals surface area contributed by atoms with Crippen LogP contribution in [0.4, 0.5) is 14.6 Å². The van der Waals surface area contributed by atoms with E-state index in [0.717, 1.165) is 22.7 Å². The van der Waals surface area contributed by atoms with Gasteiger partial charge in [0.05, 0.1) is 10.6 Å². The van der Waals surface area contributed by atoms with Crippen molar-refractivity contribution in [2.45, 2.75) is 64.3 Å². The number of benzene rings is 6. The molecule has 0 unspecified atom stereocenters. The molecule has 0 saturated heterocycles. The summed E-state index contributed by atoms with van der Waals surface area (Å²) in [6, 6.07) is 57.2. The minimum Gasteiger partial charge on any atom is -0.459 e. The topological polar surface area (TPSA) is 292 Å². The fourth-order valence-corrected chi connectivity index (χ4v) is 16.6. The van der Waals surface area contributed by atoms with Crippen LogP contribution in [0.1, 0.15) is 73.0 Å². The molecule has 6 aromatic carbocycles. The average Bonchev–Trinajstić information content (AvgIpc) is 1.48. The van der Waals surface area contributed by atoms with E-state index < -0.39 is 120 Å². The number of imide groups is 6. The Labute approximate surface area is 593 Å². The van der Waals surface area contributed by atoms with Crippen molar-refractivity contribution in [1.82, 2.24) is 9.80 Å². The van der Waals surface area contributed by atoms with Crippen LogP contribution >= 0.6 is 34.0 Å². The molecule has 0 bridgehead atoms. The molecule has 0 spiro atoms. The van der Waals surface area contributed by atoms with Crippen molar-refractivity contribution >= 4 is 131 Å². The van der Waals surface area contributed by atoms with Crippen LogP contribution < -0.4 is 0 Å². The lowest BCUT2D eigenvalue weighted by Crippen LogP contribution is -2.50. The Balaban J connectivity index is 1.04. The number of amides is 6. The Morgan fingerprint density at radius 3 is 1.28 bits per heavy atom. The second-order valence-corrected chi connectivity index (χ2v) is 26.8. The number of hydrogen-bond acceptors (Lipinski definition) is 22. The van der Waals surface area contributed by atoms with E-state index in [1.165, 1.54) is 19.9 Å². The van der Waals surface area contributed by atoms with Gasteiger partial charge in [-0.1, -0.05) is 189 Å². The SMILES string of the molecule is C=C(c1cc2sc3c(c2s1)C(C(=O)OCc1ccccc1)(C(=O)OCc1ccccc1)C1=C3C(C(=O)OCc2ccccc2)(C(=O)OCc2ccccc2)c2cc(N=C3C(=O)N(C(=O)OCc4ccccc4)C(=O)C(C#N)=C3C)sc21)[C@H]1C(=O)N(C(=O)OCc2ccccc2)C(=O)C(C#N)=C1C. The van der Waals surface area contributed by atoms with E-state index in [1.807, 2.05) is 6.07 Å². The fraction of sp³-hybridized carbons (Fsp3) is 0.141. The number of carbonyl (C=O) groups is 10. The van der Waals surface area contributed by atoms with Gasteiger partial charge >= 0.3 is 36.1 Å². The molecule has 5 heterocycles. The first-order valence-corrected chi connectivity index (χ1v) is 33.9. The van der Waals surface area contributed by atoms with Crippen molar-refractivity contribution in [2.24, 2.45) is 10.9 Å². The minimum absolute atomic E-state index is 0.0149. The molecule has 13 rings (SSSR count). The number of aliphatic imine (C=N–C) groups is 1. The standard InChI is InChI=1S/C78H53N5O16S3/c1-44-53(36-79)67(84)82(75(92)98-42-51-30-18-8-19-31-51)69(86)59(44)46(3)56-35-57-65(100-56)62-66(101-57)61-60(78(62,73(90)96-40-49-26-14-6-15-27-49)74(91)97-41-50-28-16-7-17-29-50)64-55(77(61,71(88)94-38-47-22-10-4-11-23-47)72(89)95-39-48-24-12-5-13-25-48)34-58(102-64)81-63-45(2)54(37-80)68(85)83(70(63)87)76(93)99-43-52-32-20-9-21-33-52/h4-35,59H,3,38-43H2,1-2H3/t59-/m0/s1. The summed E-state index contributed by atoms with van der Waals surface area (Å²) in [6.07, 6.45) is -2.80. The van der Waals surface area contributed by atoms with Gasteiger partial charge in [-0.05, 0) is 70.5 Å². The fourth-order valence-electron chi connectivity index (χ4n) is 12.5. The summed E-state index contributed by atoms with van der Waals surface area (Å²) in [5.74, 6) is -11.7. The van der Waals surface area contributed by atoms with Crippen molar-refractivity contribution in [3.05, 3.63) is 282 Å². The Morgan fingerprint density at radius 1 is 0.480 bits per heavy atom. The summed E-state index contributed by atoms with van der Waals surface area (Å²) in [7, 11) is 0. The number of fused-ring (bicyclic) bond motifs is 6. The van der Waals surface area contributed by atoms with Gasteiger partial charge in [0, 0.05) is 47.2 Å². The first-order chi connectivity index (χ1) is 49.4. The second kappa shape index (κ2) is 28.3. The molecule has 0 radical (unpaired) electrons.